The highest BCUT2D eigenvalue weighted by atomic mass is 16.5. The number of hydrogen-bond donors (Lipinski definition) is 0. The van der Waals surface area contributed by atoms with Crippen LogP contribution in [0.25, 0.3) is 0 Å². The molecule has 376 valence electrons. The van der Waals surface area contributed by atoms with Crippen LogP contribution in [0.3, 0.4) is 0 Å². The van der Waals surface area contributed by atoms with E-state index in [1.54, 1.807) is 0 Å². The van der Waals surface area contributed by atoms with E-state index in [1.807, 2.05) is 0 Å². The van der Waals surface area contributed by atoms with Crippen LogP contribution < -0.4 is 28.1 Å². The minimum atomic E-state index is -0.112. The Hall–Kier alpha value is -5.50. The largest absolute Gasteiger partial charge is 0.493 e. The van der Waals surface area contributed by atoms with Crippen LogP contribution in [0.5, 0.6) is 23.0 Å². The van der Waals surface area contributed by atoms with Crippen LogP contribution in [0.15, 0.2) is 86.0 Å². The molecule has 7 rings (SSSR count). The van der Waals surface area contributed by atoms with Crippen molar-refractivity contribution < 1.29 is 28.1 Å². The molecule has 70 heavy (non-hydrogen) atoms. The highest BCUT2D eigenvalue weighted by Gasteiger charge is 2.28. The minimum absolute atomic E-state index is 0.112. The van der Waals surface area contributed by atoms with Crippen molar-refractivity contribution in [3.63, 3.8) is 0 Å². The normalized spacial score (nSPS) is 13.0. The van der Waals surface area contributed by atoms with Gasteiger partial charge in [-0.25, -0.2) is 18.3 Å². The van der Waals surface area contributed by atoms with Crippen molar-refractivity contribution in [3.05, 3.63) is 153 Å². The molecule has 4 aromatic carbocycles. The summed E-state index contributed by atoms with van der Waals surface area (Å²) in [6.07, 6.45) is 19.5. The third kappa shape index (κ3) is 12.7. The molecule has 0 atom stereocenters. The van der Waals surface area contributed by atoms with Gasteiger partial charge in [0.25, 0.3) is 0 Å². The van der Waals surface area contributed by atoms with Crippen molar-refractivity contribution in [1.82, 2.24) is 9.13 Å². The van der Waals surface area contributed by atoms with Gasteiger partial charge in [0.1, 0.15) is 60.9 Å². The van der Waals surface area contributed by atoms with Crippen molar-refractivity contribution in [2.24, 2.45) is 0 Å². The maximum absolute atomic E-state index is 7.04. The quantitative estimate of drug-likeness (QED) is 0.0804. The van der Waals surface area contributed by atoms with Crippen molar-refractivity contribution in [2.45, 2.75) is 184 Å². The maximum Gasteiger partial charge on any atom is 0.244 e. The predicted molar refractivity (Wildman–Crippen MR) is 286 cm³/mol. The minimum Gasteiger partial charge on any atom is -0.493 e. The van der Waals surface area contributed by atoms with Crippen molar-refractivity contribution in [2.75, 3.05) is 26.4 Å². The highest BCUT2D eigenvalue weighted by Crippen LogP contribution is 2.43. The van der Waals surface area contributed by atoms with E-state index < -0.39 is 0 Å². The lowest BCUT2D eigenvalue weighted by Crippen LogP contribution is -2.32. The van der Waals surface area contributed by atoms with Gasteiger partial charge in [-0.05, 0) is 155 Å². The number of benzene rings is 4. The second kappa shape index (κ2) is 22.7. The first-order chi connectivity index (χ1) is 33.4. The molecule has 0 amide bonds. The summed E-state index contributed by atoms with van der Waals surface area (Å²) >= 11 is 0. The summed E-state index contributed by atoms with van der Waals surface area (Å²) in [6.45, 7) is 35.7. The zero-order valence-corrected chi connectivity index (χ0v) is 45.6. The van der Waals surface area contributed by atoms with Gasteiger partial charge in [0.05, 0.1) is 38.5 Å². The van der Waals surface area contributed by atoms with Crippen LogP contribution in [-0.2, 0) is 49.6 Å². The average Bonchev–Trinajstić information content (AvgIpc) is 3.97. The number of imidazole rings is 2. The zero-order chi connectivity index (χ0) is 50.3. The summed E-state index contributed by atoms with van der Waals surface area (Å²) in [5, 5.41) is 0. The van der Waals surface area contributed by atoms with Gasteiger partial charge in [-0.15, -0.1) is 0 Å². The van der Waals surface area contributed by atoms with Gasteiger partial charge in [0.2, 0.25) is 12.7 Å². The molecule has 0 unspecified atom stereocenters. The van der Waals surface area contributed by atoms with E-state index in [9.17, 15) is 0 Å². The zero-order valence-electron chi connectivity index (χ0n) is 45.6. The summed E-state index contributed by atoms with van der Waals surface area (Å²) in [5.74, 6) is 3.91. The van der Waals surface area contributed by atoms with E-state index in [0.29, 0.717) is 64.2 Å². The number of ether oxygens (including phenoxy) is 4. The van der Waals surface area contributed by atoms with E-state index in [4.69, 9.17) is 18.9 Å². The van der Waals surface area contributed by atoms with E-state index in [2.05, 4.69) is 201 Å². The Kier molecular flexibility index (Phi) is 17.0. The monoisotopic (exact) mass is 951 g/mol. The smallest absolute Gasteiger partial charge is 0.244 e. The molecule has 0 saturated heterocycles. The maximum atomic E-state index is 7.04. The van der Waals surface area contributed by atoms with Crippen molar-refractivity contribution in [1.29, 1.82) is 0 Å². The highest BCUT2D eigenvalue weighted by molar-refractivity contribution is 5.59. The molecule has 0 saturated carbocycles. The fourth-order valence-corrected chi connectivity index (χ4v) is 9.68. The first kappa shape index (κ1) is 52.3. The van der Waals surface area contributed by atoms with Gasteiger partial charge in [-0.3, -0.25) is 0 Å². The molecular formula is C62H86N4O4+2. The number of hydrogen-bond acceptors (Lipinski definition) is 4. The predicted octanol–water partition coefficient (Wildman–Crippen LogP) is 13.5. The molecule has 1 aliphatic rings. The number of nitrogens with zero attached hydrogens (tertiary/aromatic N) is 4. The lowest BCUT2D eigenvalue weighted by molar-refractivity contribution is -0.688. The van der Waals surface area contributed by atoms with Gasteiger partial charge in [0, 0.05) is 25.7 Å². The Labute approximate surface area is 422 Å². The summed E-state index contributed by atoms with van der Waals surface area (Å²) in [4.78, 5) is 0. The Bertz CT molecular complexity index is 2420. The van der Waals surface area contributed by atoms with Gasteiger partial charge in [-0.1, -0.05) is 93.5 Å². The van der Waals surface area contributed by atoms with Gasteiger partial charge in [-0.2, -0.15) is 0 Å². The SMILES string of the molecule is CCCOc1c2cc(C[n+]3ccn(C(C)C)c3)cc1Cc1cc(C(C)(C)C)cc(c1OCCC)Cc1cc(C[n+]3ccn(C(C)C)c3)cc(c1OCCC)Cc1cc(C(C)(C)C)cc(c1OCCC)C2. The Morgan fingerprint density at radius 1 is 0.429 bits per heavy atom. The molecule has 0 radical (unpaired) electrons. The fourth-order valence-electron chi connectivity index (χ4n) is 9.68. The van der Waals surface area contributed by atoms with E-state index in [-0.39, 0.29) is 10.8 Å². The molecule has 8 bridgehead atoms. The summed E-state index contributed by atoms with van der Waals surface area (Å²) in [5.41, 5.74) is 14.3. The molecule has 2 heterocycles. The van der Waals surface area contributed by atoms with Crippen LogP contribution in [0.2, 0.25) is 0 Å². The van der Waals surface area contributed by atoms with Crippen LogP contribution in [-0.4, -0.2) is 35.6 Å². The Balaban J connectivity index is 1.58. The van der Waals surface area contributed by atoms with E-state index in [0.717, 1.165) is 61.8 Å². The van der Waals surface area contributed by atoms with Gasteiger partial charge < -0.3 is 18.9 Å². The third-order valence-electron chi connectivity index (χ3n) is 13.5. The topological polar surface area (TPSA) is 54.5 Å². The average molecular weight is 951 g/mol. The number of rotatable bonds is 18. The molecule has 8 heteroatoms. The summed E-state index contributed by atoms with van der Waals surface area (Å²) < 4.78 is 37.3. The lowest BCUT2D eigenvalue weighted by atomic mass is 9.81. The Morgan fingerprint density at radius 3 is 0.900 bits per heavy atom. The second-order valence-corrected chi connectivity index (χ2v) is 22.6. The van der Waals surface area contributed by atoms with Crippen molar-refractivity contribution >= 4 is 0 Å². The second-order valence-electron chi connectivity index (χ2n) is 22.6. The third-order valence-corrected chi connectivity index (χ3v) is 13.5. The van der Waals surface area contributed by atoms with Crippen LogP contribution >= 0.6 is 0 Å². The Morgan fingerprint density at radius 2 is 0.686 bits per heavy atom. The molecule has 1 aliphatic carbocycles. The molecule has 0 N–H and O–H groups in total. The van der Waals surface area contributed by atoms with Crippen LogP contribution in [0, 0.1) is 0 Å². The molecule has 0 fully saturated rings. The van der Waals surface area contributed by atoms with E-state index >= 15 is 0 Å². The van der Waals surface area contributed by atoms with Crippen LogP contribution in [0.4, 0.5) is 0 Å². The number of aromatic nitrogens is 4. The van der Waals surface area contributed by atoms with Crippen molar-refractivity contribution in [3.8, 4) is 23.0 Å². The fraction of sp³-hybridized carbons (Fsp3) is 0.516. The molecule has 0 spiro atoms. The summed E-state index contributed by atoms with van der Waals surface area (Å²) in [6, 6.07) is 20.1. The first-order valence-corrected chi connectivity index (χ1v) is 26.6. The molecule has 8 nitrogen and oxygen atoms in total. The lowest BCUT2D eigenvalue weighted by Gasteiger charge is -2.27. The molecule has 2 aromatic heterocycles. The van der Waals surface area contributed by atoms with E-state index in [1.165, 1.54) is 66.8 Å². The standard InChI is InChI=1S/C62H86N4O4/c1-15-23-67-57-47-27-45(39-63-19-21-65(41-63)43(5)6)28-48(57)32-52-36-56(62(12,13)14)38-54(60(52)70-26-18-4)34-50-30-46(40-64-20-22-66(42-64)44(7)8)29-49(58(50)68-24-16-2)33-53-37-55(61(9,10)11)35-51(31-47)59(53)69-25-17-3/h19-22,27-30,35-38,41-44H,15-18,23-26,31-34,39-40H2,1-14H3/q+2. The molecule has 0 aliphatic heterocycles. The summed E-state index contributed by atoms with van der Waals surface area (Å²) in [7, 11) is 0. The van der Waals surface area contributed by atoms with Gasteiger partial charge in [0.15, 0.2) is 0 Å². The van der Waals surface area contributed by atoms with Gasteiger partial charge >= 0.3 is 0 Å². The molecular weight excluding hydrogens is 865 g/mol. The molecule has 6 aromatic rings. The van der Waals surface area contributed by atoms with Crippen LogP contribution in [0.1, 0.15) is 201 Å². The first-order valence-electron chi connectivity index (χ1n) is 26.6. The number of fused-ring (bicyclic) bond motifs is 8.